The molecule has 21 heavy (non-hydrogen) atoms. The van der Waals surface area contributed by atoms with Crippen molar-refractivity contribution in [3.8, 4) is 0 Å². The molecule has 1 aromatic carbocycles. The van der Waals surface area contributed by atoms with Gasteiger partial charge < -0.3 is 9.64 Å². The number of aromatic nitrogens is 1. The van der Waals surface area contributed by atoms with Crippen molar-refractivity contribution in [3.63, 3.8) is 0 Å². The number of ether oxygens (including phenoxy) is 1. The van der Waals surface area contributed by atoms with Crippen LogP contribution in [-0.4, -0.2) is 49.3 Å². The van der Waals surface area contributed by atoms with Crippen molar-refractivity contribution >= 4 is 17.0 Å². The van der Waals surface area contributed by atoms with Crippen molar-refractivity contribution in [2.45, 2.75) is 6.54 Å². The lowest BCUT2D eigenvalue weighted by Gasteiger charge is -2.31. The lowest BCUT2D eigenvalue weighted by molar-refractivity contribution is 0.0391. The van der Waals surface area contributed by atoms with Gasteiger partial charge in [-0.3, -0.25) is 9.88 Å². The standard InChI is InChI=1S/C16H21N3OS/c1-2-4-15(5-3-1)19(13-16-12-17-14-21-16)7-6-18-8-10-20-11-9-18/h1-5,12,14H,6-11,13H2. The lowest BCUT2D eigenvalue weighted by Crippen LogP contribution is -2.41. The molecule has 3 rings (SSSR count). The van der Waals surface area contributed by atoms with Gasteiger partial charge >= 0.3 is 0 Å². The topological polar surface area (TPSA) is 28.6 Å². The number of hydrogen-bond donors (Lipinski definition) is 0. The number of para-hydroxylation sites is 1. The van der Waals surface area contributed by atoms with E-state index in [-0.39, 0.29) is 0 Å². The zero-order valence-corrected chi connectivity index (χ0v) is 13.0. The molecule has 0 spiro atoms. The first-order chi connectivity index (χ1) is 10.4. The summed E-state index contributed by atoms with van der Waals surface area (Å²) in [5, 5.41) is 0. The Morgan fingerprint density at radius 1 is 1.19 bits per heavy atom. The molecule has 1 saturated heterocycles. The molecule has 1 fully saturated rings. The average molecular weight is 303 g/mol. The van der Waals surface area contributed by atoms with E-state index in [1.54, 1.807) is 11.3 Å². The second-order valence-corrected chi connectivity index (χ2v) is 6.15. The van der Waals surface area contributed by atoms with Gasteiger partial charge in [0.05, 0.1) is 25.3 Å². The molecule has 0 unspecified atom stereocenters. The summed E-state index contributed by atoms with van der Waals surface area (Å²) in [5.74, 6) is 0. The average Bonchev–Trinajstić information content (AvgIpc) is 3.06. The molecule has 5 heteroatoms. The summed E-state index contributed by atoms with van der Waals surface area (Å²) < 4.78 is 5.41. The molecule has 0 N–H and O–H groups in total. The van der Waals surface area contributed by atoms with Crippen molar-refractivity contribution in [1.82, 2.24) is 9.88 Å². The van der Waals surface area contributed by atoms with Crippen molar-refractivity contribution in [1.29, 1.82) is 0 Å². The zero-order valence-electron chi connectivity index (χ0n) is 12.1. The number of rotatable bonds is 6. The van der Waals surface area contributed by atoms with Gasteiger partial charge in [-0.2, -0.15) is 0 Å². The minimum Gasteiger partial charge on any atom is -0.379 e. The van der Waals surface area contributed by atoms with E-state index in [1.165, 1.54) is 10.6 Å². The Balaban J connectivity index is 1.63. The quantitative estimate of drug-likeness (QED) is 0.820. The van der Waals surface area contributed by atoms with Crippen LogP contribution in [0.2, 0.25) is 0 Å². The number of anilines is 1. The van der Waals surface area contributed by atoms with Gasteiger partial charge in [0.25, 0.3) is 0 Å². The van der Waals surface area contributed by atoms with Crippen LogP contribution in [0.4, 0.5) is 5.69 Å². The fourth-order valence-electron chi connectivity index (χ4n) is 2.53. The maximum absolute atomic E-state index is 5.41. The van der Waals surface area contributed by atoms with Gasteiger partial charge in [-0.15, -0.1) is 11.3 Å². The first-order valence-electron chi connectivity index (χ1n) is 7.39. The van der Waals surface area contributed by atoms with Gasteiger partial charge in [-0.05, 0) is 12.1 Å². The van der Waals surface area contributed by atoms with Crippen LogP contribution in [0.3, 0.4) is 0 Å². The van der Waals surface area contributed by atoms with Gasteiger partial charge in [-0.25, -0.2) is 0 Å². The van der Waals surface area contributed by atoms with E-state index in [9.17, 15) is 0 Å². The summed E-state index contributed by atoms with van der Waals surface area (Å²) in [4.78, 5) is 10.4. The molecule has 0 radical (unpaired) electrons. The first-order valence-corrected chi connectivity index (χ1v) is 8.27. The van der Waals surface area contributed by atoms with Crippen molar-refractivity contribution in [2.75, 3.05) is 44.3 Å². The monoisotopic (exact) mass is 303 g/mol. The van der Waals surface area contributed by atoms with E-state index < -0.39 is 0 Å². The number of hydrogen-bond acceptors (Lipinski definition) is 5. The molecule has 0 atom stereocenters. The van der Waals surface area contributed by atoms with Crippen LogP contribution in [0.5, 0.6) is 0 Å². The summed E-state index contributed by atoms with van der Waals surface area (Å²) in [5.41, 5.74) is 3.18. The Morgan fingerprint density at radius 3 is 2.71 bits per heavy atom. The minimum absolute atomic E-state index is 0.861. The van der Waals surface area contributed by atoms with E-state index in [1.807, 2.05) is 11.7 Å². The maximum atomic E-state index is 5.41. The number of thiazole rings is 1. The van der Waals surface area contributed by atoms with E-state index in [0.717, 1.165) is 45.9 Å². The molecule has 1 aliphatic rings. The van der Waals surface area contributed by atoms with Crippen LogP contribution in [0.1, 0.15) is 4.88 Å². The normalized spacial score (nSPS) is 16.0. The van der Waals surface area contributed by atoms with Crippen LogP contribution in [0.25, 0.3) is 0 Å². The highest BCUT2D eigenvalue weighted by Gasteiger charge is 2.13. The third-order valence-corrected chi connectivity index (χ3v) is 4.51. The molecule has 0 amide bonds. The molecule has 0 aliphatic carbocycles. The Kier molecular flexibility index (Phi) is 5.21. The van der Waals surface area contributed by atoms with Crippen molar-refractivity contribution < 1.29 is 4.74 Å². The number of nitrogens with zero attached hydrogens (tertiary/aromatic N) is 3. The predicted molar refractivity (Wildman–Crippen MR) is 86.9 cm³/mol. The van der Waals surface area contributed by atoms with E-state index >= 15 is 0 Å². The van der Waals surface area contributed by atoms with Crippen LogP contribution in [0, 0.1) is 0 Å². The van der Waals surface area contributed by atoms with Crippen LogP contribution in [0.15, 0.2) is 42.0 Å². The highest BCUT2D eigenvalue weighted by Crippen LogP contribution is 2.18. The number of morpholine rings is 1. The summed E-state index contributed by atoms with van der Waals surface area (Å²) in [7, 11) is 0. The molecule has 2 heterocycles. The van der Waals surface area contributed by atoms with Crippen LogP contribution >= 0.6 is 11.3 Å². The SMILES string of the molecule is c1ccc(N(CCN2CCOCC2)Cc2cncs2)cc1. The smallest absolute Gasteiger partial charge is 0.0794 e. The largest absolute Gasteiger partial charge is 0.379 e. The second-order valence-electron chi connectivity index (χ2n) is 5.18. The summed E-state index contributed by atoms with van der Waals surface area (Å²) in [6, 6.07) is 10.6. The van der Waals surface area contributed by atoms with Crippen LogP contribution < -0.4 is 4.90 Å². The van der Waals surface area contributed by atoms with Gasteiger partial charge in [0.1, 0.15) is 0 Å². The highest BCUT2D eigenvalue weighted by molar-refractivity contribution is 7.09. The molecule has 0 saturated carbocycles. The van der Waals surface area contributed by atoms with E-state index in [4.69, 9.17) is 4.74 Å². The Labute approximate surface area is 130 Å². The predicted octanol–water partition coefficient (Wildman–Crippen LogP) is 2.48. The summed E-state index contributed by atoms with van der Waals surface area (Å²) in [6.45, 7) is 6.85. The lowest BCUT2D eigenvalue weighted by atomic mass is 10.2. The highest BCUT2D eigenvalue weighted by atomic mass is 32.1. The molecule has 2 aromatic rings. The van der Waals surface area contributed by atoms with Crippen molar-refractivity contribution in [3.05, 3.63) is 46.9 Å². The first kappa shape index (κ1) is 14.5. The second kappa shape index (κ2) is 7.54. The van der Waals surface area contributed by atoms with Gasteiger partial charge in [0, 0.05) is 42.9 Å². The Bertz CT molecular complexity index is 512. The van der Waals surface area contributed by atoms with E-state index in [0.29, 0.717) is 0 Å². The fraction of sp³-hybridized carbons (Fsp3) is 0.438. The number of benzene rings is 1. The van der Waals surface area contributed by atoms with Crippen LogP contribution in [-0.2, 0) is 11.3 Å². The van der Waals surface area contributed by atoms with Gasteiger partial charge in [0.15, 0.2) is 0 Å². The zero-order chi connectivity index (χ0) is 14.3. The van der Waals surface area contributed by atoms with E-state index in [2.05, 4.69) is 45.1 Å². The van der Waals surface area contributed by atoms with Gasteiger partial charge in [-0.1, -0.05) is 18.2 Å². The maximum Gasteiger partial charge on any atom is 0.0794 e. The molecule has 1 aliphatic heterocycles. The minimum atomic E-state index is 0.861. The third-order valence-electron chi connectivity index (χ3n) is 3.74. The summed E-state index contributed by atoms with van der Waals surface area (Å²) >= 11 is 1.72. The molecule has 4 nitrogen and oxygen atoms in total. The fourth-order valence-corrected chi connectivity index (χ4v) is 3.14. The summed E-state index contributed by atoms with van der Waals surface area (Å²) in [6.07, 6.45) is 1.97. The molecular formula is C16H21N3OS. The third kappa shape index (κ3) is 4.27. The van der Waals surface area contributed by atoms with Gasteiger partial charge in [0.2, 0.25) is 0 Å². The Morgan fingerprint density at radius 2 is 2.00 bits per heavy atom. The van der Waals surface area contributed by atoms with Crippen molar-refractivity contribution in [2.24, 2.45) is 0 Å². The Hall–Kier alpha value is -1.43. The molecule has 0 bridgehead atoms. The molecule has 1 aromatic heterocycles. The molecular weight excluding hydrogens is 282 g/mol. The molecule has 112 valence electrons.